The normalized spacial score (nSPS) is 11.4. The van der Waals surface area contributed by atoms with Gasteiger partial charge in [0.2, 0.25) is 0 Å². The molecular formula is C18H14F3N3OS. The number of aryl methyl sites for hydroxylation is 2. The lowest BCUT2D eigenvalue weighted by atomic mass is 10.0. The van der Waals surface area contributed by atoms with Crippen LogP contribution in [0.25, 0.3) is 11.1 Å². The largest absolute Gasteiger partial charge is 0.416 e. The number of alkyl halides is 3. The maximum absolute atomic E-state index is 12.9. The van der Waals surface area contributed by atoms with Crippen molar-refractivity contribution in [2.45, 2.75) is 20.0 Å². The number of carbonyl (C=O) groups excluding carboxylic acids is 1. The number of anilines is 1. The zero-order chi connectivity index (χ0) is 18.9. The summed E-state index contributed by atoms with van der Waals surface area (Å²) in [5.74, 6) is -0.462. The van der Waals surface area contributed by atoms with Crippen LogP contribution in [-0.2, 0) is 6.18 Å². The van der Waals surface area contributed by atoms with E-state index in [1.54, 1.807) is 24.4 Å². The number of pyridine rings is 1. The number of nitrogens with zero attached hydrogens (tertiary/aromatic N) is 2. The van der Waals surface area contributed by atoms with Gasteiger partial charge >= 0.3 is 6.18 Å². The van der Waals surface area contributed by atoms with Gasteiger partial charge in [-0.15, -0.1) is 11.3 Å². The first kappa shape index (κ1) is 18.1. The van der Waals surface area contributed by atoms with Crippen LogP contribution >= 0.6 is 11.3 Å². The number of nitrogens with one attached hydrogen (secondary N) is 1. The highest BCUT2D eigenvalue weighted by Gasteiger charge is 2.30. The molecule has 1 N–H and O–H groups in total. The molecule has 8 heteroatoms. The lowest BCUT2D eigenvalue weighted by molar-refractivity contribution is -0.137. The van der Waals surface area contributed by atoms with Gasteiger partial charge in [0.1, 0.15) is 5.69 Å². The van der Waals surface area contributed by atoms with Gasteiger partial charge in [0.15, 0.2) is 5.13 Å². The molecule has 0 atom stereocenters. The summed E-state index contributed by atoms with van der Waals surface area (Å²) in [6, 6.07) is 8.08. The molecule has 0 fully saturated rings. The Morgan fingerprint density at radius 1 is 1.04 bits per heavy atom. The minimum Gasteiger partial charge on any atom is -0.296 e. The van der Waals surface area contributed by atoms with Crippen molar-refractivity contribution in [2.75, 3.05) is 5.32 Å². The van der Waals surface area contributed by atoms with Crippen molar-refractivity contribution in [3.8, 4) is 11.1 Å². The third kappa shape index (κ3) is 4.08. The molecule has 1 aromatic carbocycles. The zero-order valence-electron chi connectivity index (χ0n) is 13.9. The molecule has 2 heterocycles. The Balaban J connectivity index is 1.94. The fourth-order valence-corrected chi connectivity index (χ4v) is 3.08. The van der Waals surface area contributed by atoms with Crippen LogP contribution in [0.3, 0.4) is 0 Å². The molecule has 4 nitrogen and oxygen atoms in total. The van der Waals surface area contributed by atoms with Gasteiger partial charge < -0.3 is 0 Å². The maximum Gasteiger partial charge on any atom is 0.416 e. The number of carbonyl (C=O) groups is 1. The van der Waals surface area contributed by atoms with E-state index in [1.165, 1.54) is 23.5 Å². The lowest BCUT2D eigenvalue weighted by Gasteiger charge is -2.10. The third-order valence-corrected chi connectivity index (χ3v) is 4.42. The second-order valence-corrected chi connectivity index (χ2v) is 6.57. The van der Waals surface area contributed by atoms with Crippen molar-refractivity contribution in [3.63, 3.8) is 0 Å². The Morgan fingerprint density at radius 2 is 1.81 bits per heavy atom. The Bertz CT molecular complexity index is 966. The smallest absolute Gasteiger partial charge is 0.296 e. The summed E-state index contributed by atoms with van der Waals surface area (Å²) in [7, 11) is 0. The molecule has 0 aliphatic heterocycles. The summed E-state index contributed by atoms with van der Waals surface area (Å²) < 4.78 is 38.8. The Kier molecular flexibility index (Phi) is 4.78. The van der Waals surface area contributed by atoms with Crippen molar-refractivity contribution >= 4 is 22.4 Å². The Labute approximate surface area is 151 Å². The van der Waals surface area contributed by atoms with Crippen LogP contribution in [0.4, 0.5) is 18.3 Å². The van der Waals surface area contributed by atoms with E-state index in [9.17, 15) is 18.0 Å². The highest BCUT2D eigenvalue weighted by molar-refractivity contribution is 7.13. The van der Waals surface area contributed by atoms with Gasteiger partial charge in [0, 0.05) is 11.1 Å². The van der Waals surface area contributed by atoms with E-state index in [-0.39, 0.29) is 5.69 Å². The average molecular weight is 377 g/mol. The molecule has 3 aromatic rings. The molecule has 0 bridgehead atoms. The van der Waals surface area contributed by atoms with Gasteiger partial charge in [-0.1, -0.05) is 12.1 Å². The summed E-state index contributed by atoms with van der Waals surface area (Å²) >= 11 is 1.29. The second-order valence-electron chi connectivity index (χ2n) is 5.71. The highest BCUT2D eigenvalue weighted by atomic mass is 32.1. The quantitative estimate of drug-likeness (QED) is 0.691. The molecule has 2 aromatic heterocycles. The minimum absolute atomic E-state index is 0.116. The number of amides is 1. The van der Waals surface area contributed by atoms with Gasteiger partial charge in [-0.05, 0) is 49.2 Å². The molecular weight excluding hydrogens is 363 g/mol. The van der Waals surface area contributed by atoms with Crippen molar-refractivity contribution in [1.29, 1.82) is 0 Å². The second kappa shape index (κ2) is 6.87. The van der Waals surface area contributed by atoms with Crippen LogP contribution in [0.5, 0.6) is 0 Å². The van der Waals surface area contributed by atoms with Crippen LogP contribution in [0.1, 0.15) is 27.4 Å². The molecule has 134 valence electrons. The van der Waals surface area contributed by atoms with Crippen molar-refractivity contribution < 1.29 is 18.0 Å². The van der Waals surface area contributed by atoms with E-state index in [2.05, 4.69) is 15.3 Å². The van der Waals surface area contributed by atoms with Crippen LogP contribution < -0.4 is 5.32 Å². The highest BCUT2D eigenvalue weighted by Crippen LogP contribution is 2.32. The van der Waals surface area contributed by atoms with Crippen molar-refractivity contribution in [3.05, 3.63) is 64.4 Å². The SMILES string of the molecule is Cc1cc(-c2cccc(C(F)(F)F)c2)cc(C(=O)Nc2nc(C)cs2)n1. The van der Waals surface area contributed by atoms with E-state index in [0.717, 1.165) is 17.8 Å². The van der Waals surface area contributed by atoms with Crippen LogP contribution in [0, 0.1) is 13.8 Å². The van der Waals surface area contributed by atoms with E-state index < -0.39 is 17.6 Å². The Morgan fingerprint density at radius 3 is 2.46 bits per heavy atom. The van der Waals surface area contributed by atoms with Gasteiger partial charge in [0.05, 0.1) is 11.3 Å². The topological polar surface area (TPSA) is 54.9 Å². The molecule has 0 aliphatic carbocycles. The Hall–Kier alpha value is -2.74. The molecule has 3 rings (SSSR count). The summed E-state index contributed by atoms with van der Waals surface area (Å²) in [5, 5.41) is 4.89. The van der Waals surface area contributed by atoms with Gasteiger partial charge in [0.25, 0.3) is 5.91 Å². The van der Waals surface area contributed by atoms with Gasteiger partial charge in [-0.25, -0.2) is 9.97 Å². The number of hydrogen-bond donors (Lipinski definition) is 1. The van der Waals surface area contributed by atoms with Crippen LogP contribution in [-0.4, -0.2) is 15.9 Å². The summed E-state index contributed by atoms with van der Waals surface area (Å²) in [4.78, 5) is 20.7. The van der Waals surface area contributed by atoms with E-state index in [1.807, 2.05) is 6.92 Å². The number of aromatic nitrogens is 2. The summed E-state index contributed by atoms with van der Waals surface area (Å²) in [6.07, 6.45) is -4.43. The number of benzene rings is 1. The maximum atomic E-state index is 12.9. The van der Waals surface area contributed by atoms with Crippen molar-refractivity contribution in [2.24, 2.45) is 0 Å². The molecule has 26 heavy (non-hydrogen) atoms. The van der Waals surface area contributed by atoms with Crippen LogP contribution in [0.2, 0.25) is 0 Å². The van der Waals surface area contributed by atoms with Crippen molar-refractivity contribution in [1.82, 2.24) is 9.97 Å². The molecule has 0 saturated heterocycles. The fraction of sp³-hybridized carbons (Fsp3) is 0.167. The molecule has 0 saturated carbocycles. The third-order valence-electron chi connectivity index (χ3n) is 3.55. The first-order valence-electron chi connectivity index (χ1n) is 7.62. The summed E-state index contributed by atoms with van der Waals surface area (Å²) in [6.45, 7) is 3.49. The van der Waals surface area contributed by atoms with E-state index in [0.29, 0.717) is 22.0 Å². The van der Waals surface area contributed by atoms with E-state index >= 15 is 0 Å². The first-order chi connectivity index (χ1) is 12.2. The standard InChI is InChI=1S/C18H14F3N3OS/c1-10-6-13(12-4-3-5-14(7-12)18(19,20)21)8-15(22-10)16(25)24-17-23-11(2)9-26-17/h3-9H,1-2H3,(H,23,24,25). The van der Waals surface area contributed by atoms with Gasteiger partial charge in [-0.3, -0.25) is 10.1 Å². The molecule has 0 unspecified atom stereocenters. The number of halogens is 3. The number of hydrogen-bond acceptors (Lipinski definition) is 4. The molecule has 0 spiro atoms. The number of thiazole rings is 1. The summed E-state index contributed by atoms with van der Waals surface area (Å²) in [5.41, 5.74) is 1.54. The molecule has 0 aliphatic rings. The monoisotopic (exact) mass is 377 g/mol. The fourth-order valence-electron chi connectivity index (χ4n) is 2.40. The minimum atomic E-state index is -4.43. The average Bonchev–Trinajstić information content (AvgIpc) is 2.98. The predicted octanol–water partition coefficient (Wildman–Crippen LogP) is 5.09. The molecule has 0 radical (unpaired) electrons. The first-order valence-corrected chi connectivity index (χ1v) is 8.50. The zero-order valence-corrected chi connectivity index (χ0v) is 14.7. The van der Waals surface area contributed by atoms with Gasteiger partial charge in [-0.2, -0.15) is 13.2 Å². The van der Waals surface area contributed by atoms with Crippen LogP contribution in [0.15, 0.2) is 41.8 Å². The van der Waals surface area contributed by atoms with E-state index in [4.69, 9.17) is 0 Å². The lowest BCUT2D eigenvalue weighted by Crippen LogP contribution is -2.14. The predicted molar refractivity (Wildman–Crippen MR) is 94.2 cm³/mol. The molecule has 1 amide bonds. The number of rotatable bonds is 3.